The zero-order chi connectivity index (χ0) is 14.5. The Bertz CT molecular complexity index is 479. The number of benzene rings is 1. The molecule has 0 radical (unpaired) electrons. The topological polar surface area (TPSA) is 29.5 Å². The van der Waals surface area contributed by atoms with Gasteiger partial charge < -0.3 is 9.64 Å². The Hall–Kier alpha value is -1.49. The number of carbonyl (C=O) groups excluding carboxylic acids is 1. The van der Waals surface area contributed by atoms with Gasteiger partial charge >= 0.3 is 0 Å². The van der Waals surface area contributed by atoms with E-state index in [0.717, 1.165) is 18.6 Å². The summed E-state index contributed by atoms with van der Waals surface area (Å²) in [6, 6.07) is 3.76. The van der Waals surface area contributed by atoms with Crippen LogP contribution in [-0.2, 0) is 16.0 Å². The number of morpholine rings is 1. The second kappa shape index (κ2) is 6.79. The fourth-order valence-corrected chi connectivity index (χ4v) is 2.30. The van der Waals surface area contributed by atoms with E-state index < -0.39 is 11.6 Å². The molecule has 0 saturated carbocycles. The van der Waals surface area contributed by atoms with Crippen molar-refractivity contribution in [2.75, 3.05) is 19.7 Å². The number of halogens is 2. The first-order valence-corrected chi connectivity index (χ1v) is 6.93. The molecule has 1 amide bonds. The van der Waals surface area contributed by atoms with E-state index in [1.807, 2.05) is 6.92 Å². The number of carbonyl (C=O) groups is 1. The van der Waals surface area contributed by atoms with Crippen LogP contribution in [0.25, 0.3) is 0 Å². The molecule has 0 aliphatic carbocycles. The maximum atomic E-state index is 13.1. The van der Waals surface area contributed by atoms with Crippen molar-refractivity contribution in [3.8, 4) is 0 Å². The fourth-order valence-electron chi connectivity index (χ4n) is 2.30. The van der Waals surface area contributed by atoms with Crippen LogP contribution < -0.4 is 0 Å². The molecule has 1 aromatic carbocycles. The number of rotatable bonds is 4. The van der Waals surface area contributed by atoms with Crippen molar-refractivity contribution in [3.05, 3.63) is 35.4 Å². The Balaban J connectivity index is 1.86. The van der Waals surface area contributed by atoms with Gasteiger partial charge in [0.15, 0.2) is 11.6 Å². The van der Waals surface area contributed by atoms with Crippen LogP contribution in [0, 0.1) is 11.6 Å². The van der Waals surface area contributed by atoms with Gasteiger partial charge in [0.2, 0.25) is 5.91 Å². The third kappa shape index (κ3) is 3.76. The van der Waals surface area contributed by atoms with Gasteiger partial charge in [-0.2, -0.15) is 0 Å². The summed E-state index contributed by atoms with van der Waals surface area (Å²) in [5, 5.41) is 0. The highest BCUT2D eigenvalue weighted by atomic mass is 19.2. The smallest absolute Gasteiger partial charge is 0.223 e. The molecule has 1 atom stereocenters. The summed E-state index contributed by atoms with van der Waals surface area (Å²) in [6.45, 7) is 3.82. The second-order valence-electron chi connectivity index (χ2n) is 4.99. The zero-order valence-corrected chi connectivity index (χ0v) is 11.6. The molecule has 1 heterocycles. The van der Waals surface area contributed by atoms with Gasteiger partial charge in [-0.15, -0.1) is 0 Å². The number of hydrogen-bond acceptors (Lipinski definition) is 2. The molecule has 2 rings (SSSR count). The monoisotopic (exact) mass is 283 g/mol. The summed E-state index contributed by atoms with van der Waals surface area (Å²) in [6.07, 6.45) is 1.72. The zero-order valence-electron chi connectivity index (χ0n) is 11.6. The summed E-state index contributed by atoms with van der Waals surface area (Å²) in [7, 11) is 0. The van der Waals surface area contributed by atoms with Gasteiger partial charge in [-0.1, -0.05) is 13.0 Å². The standard InChI is InChI=1S/C15H19F2NO2/c1-2-12-10-18(7-8-20-12)15(19)6-4-11-3-5-13(16)14(17)9-11/h3,5,9,12H,2,4,6-8,10H2,1H3/t12-/m1/s1. The fraction of sp³-hybridized carbons (Fsp3) is 0.533. The molecule has 110 valence electrons. The van der Waals surface area contributed by atoms with E-state index in [2.05, 4.69) is 0 Å². The lowest BCUT2D eigenvalue weighted by atomic mass is 10.1. The molecule has 0 bridgehead atoms. The molecule has 1 aromatic rings. The molecular weight excluding hydrogens is 264 g/mol. The average Bonchev–Trinajstić information content (AvgIpc) is 2.48. The Morgan fingerprint density at radius 2 is 2.20 bits per heavy atom. The Labute approximate surface area is 117 Å². The van der Waals surface area contributed by atoms with E-state index in [-0.39, 0.29) is 12.0 Å². The van der Waals surface area contributed by atoms with Crippen molar-refractivity contribution in [3.63, 3.8) is 0 Å². The van der Waals surface area contributed by atoms with Crippen molar-refractivity contribution in [2.24, 2.45) is 0 Å². The van der Waals surface area contributed by atoms with Crippen molar-refractivity contribution >= 4 is 5.91 Å². The molecule has 1 saturated heterocycles. The van der Waals surface area contributed by atoms with Gasteiger partial charge in [0, 0.05) is 19.5 Å². The van der Waals surface area contributed by atoms with Crippen LogP contribution in [0.3, 0.4) is 0 Å². The van der Waals surface area contributed by atoms with E-state index in [9.17, 15) is 13.6 Å². The number of amides is 1. The average molecular weight is 283 g/mol. The summed E-state index contributed by atoms with van der Waals surface area (Å²) in [5.74, 6) is -1.69. The van der Waals surface area contributed by atoms with Gasteiger partial charge in [0.05, 0.1) is 12.7 Å². The van der Waals surface area contributed by atoms with Gasteiger partial charge in [-0.05, 0) is 30.5 Å². The van der Waals surface area contributed by atoms with Crippen molar-refractivity contribution < 1.29 is 18.3 Å². The molecule has 0 spiro atoms. The quantitative estimate of drug-likeness (QED) is 0.850. The van der Waals surface area contributed by atoms with Crippen LogP contribution >= 0.6 is 0 Å². The minimum atomic E-state index is -0.868. The molecule has 1 aliphatic heterocycles. The number of ether oxygens (including phenoxy) is 1. The van der Waals surface area contributed by atoms with Crippen molar-refractivity contribution in [2.45, 2.75) is 32.3 Å². The minimum Gasteiger partial charge on any atom is -0.375 e. The Morgan fingerprint density at radius 3 is 2.90 bits per heavy atom. The maximum Gasteiger partial charge on any atom is 0.223 e. The lowest BCUT2D eigenvalue weighted by Gasteiger charge is -2.32. The van der Waals surface area contributed by atoms with Gasteiger partial charge in [-0.25, -0.2) is 8.78 Å². The number of nitrogens with zero attached hydrogens (tertiary/aromatic N) is 1. The third-order valence-corrected chi connectivity index (χ3v) is 3.56. The molecular formula is C15H19F2NO2. The van der Waals surface area contributed by atoms with Crippen LogP contribution in [0.15, 0.2) is 18.2 Å². The molecule has 0 unspecified atom stereocenters. The van der Waals surface area contributed by atoms with Crippen LogP contribution in [0.5, 0.6) is 0 Å². The normalized spacial score (nSPS) is 19.1. The highest BCUT2D eigenvalue weighted by Gasteiger charge is 2.22. The Morgan fingerprint density at radius 1 is 1.40 bits per heavy atom. The van der Waals surface area contributed by atoms with Crippen LogP contribution in [-0.4, -0.2) is 36.6 Å². The van der Waals surface area contributed by atoms with Gasteiger partial charge in [0.1, 0.15) is 0 Å². The van der Waals surface area contributed by atoms with Gasteiger partial charge in [-0.3, -0.25) is 4.79 Å². The van der Waals surface area contributed by atoms with Crippen LogP contribution in [0.2, 0.25) is 0 Å². The van der Waals surface area contributed by atoms with Crippen LogP contribution in [0.4, 0.5) is 8.78 Å². The minimum absolute atomic E-state index is 0.0384. The predicted octanol–water partition coefficient (Wildman–Crippen LogP) is 2.53. The SMILES string of the molecule is CC[C@@H]1CN(C(=O)CCc2ccc(F)c(F)c2)CCO1. The van der Waals surface area contributed by atoms with Gasteiger partial charge in [0.25, 0.3) is 0 Å². The van der Waals surface area contributed by atoms with Crippen molar-refractivity contribution in [1.29, 1.82) is 0 Å². The van der Waals surface area contributed by atoms with E-state index in [0.29, 0.717) is 38.1 Å². The molecule has 3 nitrogen and oxygen atoms in total. The molecule has 20 heavy (non-hydrogen) atoms. The molecule has 1 aliphatic rings. The van der Waals surface area contributed by atoms with Crippen molar-refractivity contribution in [1.82, 2.24) is 4.90 Å². The largest absolute Gasteiger partial charge is 0.375 e. The lowest BCUT2D eigenvalue weighted by Crippen LogP contribution is -2.45. The summed E-state index contributed by atoms with van der Waals surface area (Å²) < 4.78 is 31.4. The van der Waals surface area contributed by atoms with E-state index >= 15 is 0 Å². The van der Waals surface area contributed by atoms with E-state index in [1.165, 1.54) is 6.07 Å². The summed E-state index contributed by atoms with van der Waals surface area (Å²) in [5.41, 5.74) is 0.637. The first kappa shape index (κ1) is 14.9. The summed E-state index contributed by atoms with van der Waals surface area (Å²) >= 11 is 0. The third-order valence-electron chi connectivity index (χ3n) is 3.56. The van der Waals surface area contributed by atoms with Crippen LogP contribution in [0.1, 0.15) is 25.3 Å². The molecule has 5 heteroatoms. The maximum absolute atomic E-state index is 13.1. The molecule has 0 N–H and O–H groups in total. The highest BCUT2D eigenvalue weighted by Crippen LogP contribution is 2.13. The van der Waals surface area contributed by atoms with E-state index in [4.69, 9.17) is 4.74 Å². The molecule has 0 aromatic heterocycles. The van der Waals surface area contributed by atoms with E-state index in [1.54, 1.807) is 4.90 Å². The first-order valence-electron chi connectivity index (χ1n) is 6.93. The second-order valence-corrected chi connectivity index (χ2v) is 4.99. The molecule has 1 fully saturated rings. The highest BCUT2D eigenvalue weighted by molar-refractivity contribution is 5.76. The predicted molar refractivity (Wildman–Crippen MR) is 71.3 cm³/mol. The summed E-state index contributed by atoms with van der Waals surface area (Å²) in [4.78, 5) is 13.9. The first-order chi connectivity index (χ1) is 9.60. The number of aryl methyl sites for hydroxylation is 1. The lowest BCUT2D eigenvalue weighted by molar-refractivity contribution is -0.138. The Kier molecular flexibility index (Phi) is 5.06. The number of hydrogen-bond donors (Lipinski definition) is 0.